The third kappa shape index (κ3) is 4.86. The van der Waals surface area contributed by atoms with Crippen molar-refractivity contribution in [3.8, 4) is 17.1 Å². The molecule has 4 aromatic rings. The summed E-state index contributed by atoms with van der Waals surface area (Å²) < 4.78 is 0. The van der Waals surface area contributed by atoms with Gasteiger partial charge >= 0.3 is 0 Å². The molecule has 0 aliphatic rings. The molecule has 2 N–H and O–H groups in total. The Morgan fingerprint density at radius 1 is 0.793 bits per heavy atom. The molecule has 29 heavy (non-hydrogen) atoms. The highest BCUT2D eigenvalue weighted by Crippen LogP contribution is 2.25. The van der Waals surface area contributed by atoms with Crippen LogP contribution >= 0.6 is 0 Å². The van der Waals surface area contributed by atoms with Crippen LogP contribution in [-0.4, -0.2) is 15.1 Å². The second-order valence-electron chi connectivity index (χ2n) is 6.95. The summed E-state index contributed by atoms with van der Waals surface area (Å²) in [5, 5.41) is 14.0. The third-order valence-corrected chi connectivity index (χ3v) is 4.93. The van der Waals surface area contributed by atoms with Gasteiger partial charge in [-0.05, 0) is 41.8 Å². The maximum atomic E-state index is 10.4. The summed E-state index contributed by atoms with van der Waals surface area (Å²) >= 11 is 0. The van der Waals surface area contributed by atoms with Crippen molar-refractivity contribution in [1.82, 2.24) is 15.3 Å². The number of hydrogen-bond donors (Lipinski definition) is 2. The molecule has 0 fully saturated rings. The Morgan fingerprint density at radius 2 is 1.48 bits per heavy atom. The monoisotopic (exact) mass is 381 g/mol. The zero-order valence-corrected chi connectivity index (χ0v) is 16.1. The minimum atomic E-state index is 0.134. The first-order valence-corrected chi connectivity index (χ1v) is 9.71. The second kappa shape index (κ2) is 9.13. The number of phenols is 1. The van der Waals surface area contributed by atoms with Crippen LogP contribution in [0.2, 0.25) is 0 Å². The zero-order valence-electron chi connectivity index (χ0n) is 16.1. The van der Waals surface area contributed by atoms with Gasteiger partial charge in [-0.15, -0.1) is 0 Å². The van der Waals surface area contributed by atoms with E-state index in [1.807, 2.05) is 24.3 Å². The van der Waals surface area contributed by atoms with Crippen LogP contribution in [-0.2, 0) is 13.0 Å². The van der Waals surface area contributed by atoms with Crippen LogP contribution in [0.1, 0.15) is 22.7 Å². The first kappa shape index (κ1) is 18.8. The summed E-state index contributed by atoms with van der Waals surface area (Å²) in [5.74, 6) is 0.918. The van der Waals surface area contributed by atoms with E-state index in [-0.39, 0.29) is 11.8 Å². The molecule has 144 valence electrons. The molecular weight excluding hydrogens is 358 g/mol. The van der Waals surface area contributed by atoms with E-state index < -0.39 is 0 Å². The second-order valence-corrected chi connectivity index (χ2v) is 6.95. The molecule has 3 aromatic carbocycles. The molecule has 4 heteroatoms. The lowest BCUT2D eigenvalue weighted by molar-refractivity contribution is 0.456. The van der Waals surface area contributed by atoms with Crippen LogP contribution in [0.25, 0.3) is 11.4 Å². The Balaban J connectivity index is 1.56. The first-order chi connectivity index (χ1) is 14.3. The van der Waals surface area contributed by atoms with Crippen LogP contribution < -0.4 is 5.32 Å². The Hall–Kier alpha value is -3.50. The number of hydrogen-bond acceptors (Lipinski definition) is 4. The van der Waals surface area contributed by atoms with E-state index in [9.17, 15) is 5.11 Å². The summed E-state index contributed by atoms with van der Waals surface area (Å²) in [4.78, 5) is 8.61. The normalized spacial score (nSPS) is 11.9. The standard InChI is InChI=1S/C25H23N3O/c29-24-13-12-21(25-26-14-7-15-27-25)17-22(24)18-28-23(20-10-5-2-6-11-20)16-19-8-3-1-4-9-19/h1-15,17,23,28-29H,16,18H2/t23-/m0/s1. The number of benzene rings is 3. The minimum absolute atomic E-state index is 0.134. The van der Waals surface area contributed by atoms with E-state index >= 15 is 0 Å². The third-order valence-electron chi connectivity index (χ3n) is 4.93. The molecule has 0 unspecified atom stereocenters. The van der Waals surface area contributed by atoms with E-state index in [0.717, 1.165) is 17.5 Å². The molecule has 0 spiro atoms. The first-order valence-electron chi connectivity index (χ1n) is 9.71. The Morgan fingerprint density at radius 3 is 2.21 bits per heavy atom. The molecular formula is C25H23N3O. The SMILES string of the molecule is Oc1ccc(-c2ncccn2)cc1CN[C@@H](Cc1ccccc1)c1ccccc1. The van der Waals surface area contributed by atoms with Gasteiger partial charge in [0.25, 0.3) is 0 Å². The fraction of sp³-hybridized carbons (Fsp3) is 0.120. The van der Waals surface area contributed by atoms with Gasteiger partial charge < -0.3 is 10.4 Å². The van der Waals surface area contributed by atoms with E-state index in [1.165, 1.54) is 11.1 Å². The minimum Gasteiger partial charge on any atom is -0.508 e. The lowest BCUT2D eigenvalue weighted by Crippen LogP contribution is -2.23. The van der Waals surface area contributed by atoms with E-state index in [1.54, 1.807) is 24.5 Å². The number of rotatable bonds is 7. The van der Waals surface area contributed by atoms with Crippen molar-refractivity contribution in [3.63, 3.8) is 0 Å². The molecule has 4 rings (SSSR count). The number of aromatic nitrogens is 2. The molecule has 0 aliphatic heterocycles. The summed E-state index contributed by atoms with van der Waals surface area (Å²) in [7, 11) is 0. The van der Waals surface area contributed by atoms with Crippen LogP contribution in [0.4, 0.5) is 0 Å². The average Bonchev–Trinajstić information content (AvgIpc) is 2.79. The van der Waals surface area contributed by atoms with Gasteiger partial charge in [-0.1, -0.05) is 60.7 Å². The number of nitrogens with zero attached hydrogens (tertiary/aromatic N) is 2. The highest BCUT2D eigenvalue weighted by Gasteiger charge is 2.13. The summed E-state index contributed by atoms with van der Waals surface area (Å²) in [6.45, 7) is 0.541. The number of phenolic OH excluding ortho intramolecular Hbond substituents is 1. The van der Waals surface area contributed by atoms with Gasteiger partial charge in [0.1, 0.15) is 5.75 Å². The van der Waals surface area contributed by atoms with Crippen molar-refractivity contribution >= 4 is 0 Å². The van der Waals surface area contributed by atoms with Crippen LogP contribution in [0.3, 0.4) is 0 Å². The van der Waals surface area contributed by atoms with E-state index in [2.05, 4.69) is 63.8 Å². The molecule has 0 amide bonds. The van der Waals surface area contributed by atoms with Gasteiger partial charge in [-0.2, -0.15) is 0 Å². The van der Waals surface area contributed by atoms with Crippen LogP contribution in [0.15, 0.2) is 97.3 Å². The topological polar surface area (TPSA) is 58.0 Å². The maximum Gasteiger partial charge on any atom is 0.159 e. The lowest BCUT2D eigenvalue weighted by Gasteiger charge is -2.20. The van der Waals surface area contributed by atoms with Crippen molar-refractivity contribution in [2.24, 2.45) is 0 Å². The van der Waals surface area contributed by atoms with Crippen molar-refractivity contribution in [1.29, 1.82) is 0 Å². The van der Waals surface area contributed by atoms with Crippen molar-refractivity contribution < 1.29 is 5.11 Å². The van der Waals surface area contributed by atoms with Gasteiger partial charge in [0.15, 0.2) is 5.82 Å². The molecule has 0 saturated carbocycles. The molecule has 1 atom stereocenters. The van der Waals surface area contributed by atoms with Crippen molar-refractivity contribution in [3.05, 3.63) is 114 Å². The predicted octanol–water partition coefficient (Wildman–Crippen LogP) is 4.92. The van der Waals surface area contributed by atoms with Crippen molar-refractivity contribution in [2.75, 3.05) is 0 Å². The van der Waals surface area contributed by atoms with Gasteiger partial charge in [0.2, 0.25) is 0 Å². The Kier molecular flexibility index (Phi) is 5.93. The largest absolute Gasteiger partial charge is 0.508 e. The predicted molar refractivity (Wildman–Crippen MR) is 115 cm³/mol. The highest BCUT2D eigenvalue weighted by atomic mass is 16.3. The molecule has 0 radical (unpaired) electrons. The van der Waals surface area contributed by atoms with Gasteiger partial charge in [-0.3, -0.25) is 0 Å². The zero-order chi connectivity index (χ0) is 19.9. The quantitative estimate of drug-likeness (QED) is 0.477. The fourth-order valence-corrected chi connectivity index (χ4v) is 3.39. The Bertz CT molecular complexity index is 1040. The molecule has 0 bridgehead atoms. The maximum absolute atomic E-state index is 10.4. The van der Waals surface area contributed by atoms with Gasteiger partial charge in [0.05, 0.1) is 0 Å². The average molecular weight is 381 g/mol. The molecule has 1 heterocycles. The van der Waals surface area contributed by atoms with Crippen LogP contribution in [0, 0.1) is 0 Å². The number of nitrogens with one attached hydrogen (secondary N) is 1. The summed E-state index contributed by atoms with van der Waals surface area (Å²) in [5.41, 5.74) is 4.20. The van der Waals surface area contributed by atoms with Gasteiger partial charge in [-0.25, -0.2) is 9.97 Å². The summed E-state index contributed by atoms with van der Waals surface area (Å²) in [6, 6.07) is 28.3. The van der Waals surface area contributed by atoms with Crippen LogP contribution in [0.5, 0.6) is 5.75 Å². The molecule has 0 aliphatic carbocycles. The molecule has 0 saturated heterocycles. The van der Waals surface area contributed by atoms with Crippen molar-refractivity contribution in [2.45, 2.75) is 19.0 Å². The van der Waals surface area contributed by atoms with Gasteiger partial charge in [0, 0.05) is 36.1 Å². The summed E-state index contributed by atoms with van der Waals surface area (Å²) in [6.07, 6.45) is 4.31. The molecule has 4 nitrogen and oxygen atoms in total. The van der Waals surface area contributed by atoms with E-state index in [0.29, 0.717) is 12.4 Å². The molecule has 1 aromatic heterocycles. The lowest BCUT2D eigenvalue weighted by atomic mass is 9.98. The highest BCUT2D eigenvalue weighted by molar-refractivity contribution is 5.58. The fourth-order valence-electron chi connectivity index (χ4n) is 3.39. The Labute approximate surface area is 170 Å². The van der Waals surface area contributed by atoms with E-state index in [4.69, 9.17) is 0 Å². The number of aromatic hydroxyl groups is 1. The smallest absolute Gasteiger partial charge is 0.159 e.